The highest BCUT2D eigenvalue weighted by Gasteiger charge is 2.58. The van der Waals surface area contributed by atoms with Crippen molar-refractivity contribution in [3.63, 3.8) is 0 Å². The SMILES string of the molecule is COC(=O)C1=C(C(=O)NC2CCN(C)CC2)C2C=CC1(C(Cc1ccccc1)Nc1cc(F)cc(Cl)c1)O2. The van der Waals surface area contributed by atoms with Gasteiger partial charge in [0.15, 0.2) is 0 Å². The molecule has 3 atom stereocenters. The second kappa shape index (κ2) is 10.9. The fourth-order valence-electron chi connectivity index (χ4n) is 5.57. The molecule has 0 spiro atoms. The van der Waals surface area contributed by atoms with Gasteiger partial charge in [-0.1, -0.05) is 48.0 Å². The van der Waals surface area contributed by atoms with Gasteiger partial charge in [0.25, 0.3) is 5.91 Å². The molecule has 2 bridgehead atoms. The van der Waals surface area contributed by atoms with Crippen LogP contribution in [0.3, 0.4) is 0 Å². The molecule has 3 aliphatic heterocycles. The zero-order chi connectivity index (χ0) is 26.9. The van der Waals surface area contributed by atoms with E-state index in [4.69, 9.17) is 21.1 Å². The van der Waals surface area contributed by atoms with Crippen molar-refractivity contribution in [3.8, 4) is 0 Å². The molecule has 2 aromatic carbocycles. The number of benzene rings is 2. The molecule has 7 nitrogen and oxygen atoms in total. The first-order valence-corrected chi connectivity index (χ1v) is 13.1. The highest BCUT2D eigenvalue weighted by atomic mass is 35.5. The minimum absolute atomic E-state index is 0.0110. The third kappa shape index (κ3) is 5.21. The van der Waals surface area contributed by atoms with Crippen LogP contribution in [-0.2, 0) is 25.5 Å². The second-order valence-electron chi connectivity index (χ2n) is 10.1. The molecule has 3 heterocycles. The number of amides is 1. The molecular formula is C29H31ClFN3O4. The lowest BCUT2D eigenvalue weighted by atomic mass is 9.78. The lowest BCUT2D eigenvalue weighted by Crippen LogP contribution is -2.50. The summed E-state index contributed by atoms with van der Waals surface area (Å²) in [5.74, 6) is -1.46. The molecule has 0 aromatic heterocycles. The van der Waals surface area contributed by atoms with E-state index in [1.54, 1.807) is 18.2 Å². The molecule has 38 heavy (non-hydrogen) atoms. The number of rotatable bonds is 8. The summed E-state index contributed by atoms with van der Waals surface area (Å²) in [6.45, 7) is 1.77. The van der Waals surface area contributed by atoms with Gasteiger partial charge in [0.2, 0.25) is 0 Å². The Balaban J connectivity index is 1.53. The van der Waals surface area contributed by atoms with E-state index >= 15 is 0 Å². The van der Waals surface area contributed by atoms with Gasteiger partial charge in [-0.25, -0.2) is 9.18 Å². The van der Waals surface area contributed by atoms with Gasteiger partial charge in [0.1, 0.15) is 17.5 Å². The monoisotopic (exact) mass is 539 g/mol. The van der Waals surface area contributed by atoms with Gasteiger partial charge < -0.3 is 25.0 Å². The lowest BCUT2D eigenvalue weighted by molar-refractivity contribution is -0.138. The van der Waals surface area contributed by atoms with E-state index in [-0.39, 0.29) is 28.1 Å². The third-order valence-corrected chi connectivity index (χ3v) is 7.70. The highest BCUT2D eigenvalue weighted by molar-refractivity contribution is 6.30. The number of halogens is 2. The summed E-state index contributed by atoms with van der Waals surface area (Å²) < 4.78 is 25.9. The van der Waals surface area contributed by atoms with Crippen molar-refractivity contribution in [2.75, 3.05) is 32.6 Å². The van der Waals surface area contributed by atoms with Crippen LogP contribution in [0.15, 0.2) is 71.8 Å². The van der Waals surface area contributed by atoms with E-state index in [9.17, 15) is 14.0 Å². The Kier molecular flexibility index (Phi) is 7.56. The van der Waals surface area contributed by atoms with Crippen molar-refractivity contribution < 1.29 is 23.5 Å². The quantitative estimate of drug-likeness (QED) is 0.391. The molecule has 9 heteroatoms. The number of anilines is 1. The number of nitrogens with one attached hydrogen (secondary N) is 2. The van der Waals surface area contributed by atoms with Gasteiger partial charge in [0, 0.05) is 16.8 Å². The molecule has 1 fully saturated rings. The van der Waals surface area contributed by atoms with Crippen molar-refractivity contribution in [1.29, 1.82) is 0 Å². The van der Waals surface area contributed by atoms with Gasteiger partial charge in [-0.05, 0) is 69.2 Å². The van der Waals surface area contributed by atoms with Crippen molar-refractivity contribution in [1.82, 2.24) is 10.2 Å². The van der Waals surface area contributed by atoms with Crippen LogP contribution in [0.25, 0.3) is 0 Å². The summed E-state index contributed by atoms with van der Waals surface area (Å²) in [5.41, 5.74) is 0.505. The molecule has 1 saturated heterocycles. The van der Waals surface area contributed by atoms with Gasteiger partial charge in [-0.3, -0.25) is 4.79 Å². The molecule has 0 radical (unpaired) electrons. The van der Waals surface area contributed by atoms with E-state index in [1.165, 1.54) is 19.2 Å². The largest absolute Gasteiger partial charge is 0.466 e. The first kappa shape index (κ1) is 26.4. The number of hydrogen-bond acceptors (Lipinski definition) is 6. The Labute approximate surface area is 226 Å². The topological polar surface area (TPSA) is 79.9 Å². The number of likely N-dealkylation sites (tertiary alicyclic amines) is 1. The molecule has 0 aliphatic carbocycles. The minimum atomic E-state index is -1.31. The standard InChI is InChI=1S/C29H31ClFN3O4/c1-34-12-9-21(10-13-34)33-27(35)25-23-8-11-29(38-23,26(25)28(36)37-2)24(14-18-6-4-3-5-7-18)32-22-16-19(30)15-20(31)17-22/h3-8,11,15-17,21,23-24,32H,9-10,12-14H2,1-2H3,(H,33,35). The Morgan fingerprint density at radius 1 is 1.21 bits per heavy atom. The molecule has 200 valence electrons. The fourth-order valence-corrected chi connectivity index (χ4v) is 5.79. The molecule has 2 aromatic rings. The van der Waals surface area contributed by atoms with E-state index in [0.717, 1.165) is 31.5 Å². The Hall–Kier alpha value is -3.20. The maximum absolute atomic E-state index is 14.2. The predicted molar refractivity (Wildman–Crippen MR) is 143 cm³/mol. The van der Waals surface area contributed by atoms with Gasteiger partial charge in [-0.2, -0.15) is 0 Å². The molecule has 5 rings (SSSR count). The average molecular weight is 540 g/mol. The summed E-state index contributed by atoms with van der Waals surface area (Å²) in [5, 5.41) is 6.69. The number of hydrogen-bond donors (Lipinski definition) is 2. The summed E-state index contributed by atoms with van der Waals surface area (Å²) in [6, 6.07) is 13.3. The van der Waals surface area contributed by atoms with Crippen molar-refractivity contribution >= 4 is 29.2 Å². The van der Waals surface area contributed by atoms with Crippen molar-refractivity contribution in [2.45, 2.75) is 43.1 Å². The van der Waals surface area contributed by atoms with Gasteiger partial charge in [0.05, 0.1) is 24.3 Å². The number of carbonyl (C=O) groups excluding carboxylic acids is 2. The Bertz CT molecular complexity index is 1260. The van der Waals surface area contributed by atoms with Gasteiger partial charge >= 0.3 is 5.97 Å². The zero-order valence-corrected chi connectivity index (χ0v) is 22.1. The van der Waals surface area contributed by atoms with Crippen LogP contribution in [0.4, 0.5) is 10.1 Å². The Morgan fingerprint density at radius 3 is 2.63 bits per heavy atom. The number of carbonyl (C=O) groups is 2. The van der Waals surface area contributed by atoms with Crippen LogP contribution in [0.1, 0.15) is 18.4 Å². The second-order valence-corrected chi connectivity index (χ2v) is 10.5. The maximum atomic E-state index is 14.2. The van der Waals surface area contributed by atoms with E-state index in [0.29, 0.717) is 12.1 Å². The van der Waals surface area contributed by atoms with Gasteiger partial charge in [-0.15, -0.1) is 0 Å². The smallest absolute Gasteiger partial charge is 0.337 e. The normalized spacial score (nSPS) is 23.9. The fraction of sp³-hybridized carbons (Fsp3) is 0.379. The first-order valence-electron chi connectivity index (χ1n) is 12.7. The zero-order valence-electron chi connectivity index (χ0n) is 21.4. The summed E-state index contributed by atoms with van der Waals surface area (Å²) in [6.07, 6.45) is 4.97. The van der Waals surface area contributed by atoms with Crippen molar-refractivity contribution in [3.05, 3.63) is 88.2 Å². The van der Waals surface area contributed by atoms with Crippen LogP contribution in [0.2, 0.25) is 5.02 Å². The average Bonchev–Trinajstić information content (AvgIpc) is 3.47. The lowest BCUT2D eigenvalue weighted by Gasteiger charge is -2.36. The number of piperidine rings is 1. The highest BCUT2D eigenvalue weighted by Crippen LogP contribution is 2.47. The molecule has 1 amide bonds. The summed E-state index contributed by atoms with van der Waals surface area (Å²) >= 11 is 6.13. The van der Waals surface area contributed by atoms with E-state index < -0.39 is 29.5 Å². The molecule has 3 unspecified atom stereocenters. The van der Waals surface area contributed by atoms with E-state index in [2.05, 4.69) is 22.6 Å². The number of nitrogens with zero attached hydrogens (tertiary/aromatic N) is 1. The summed E-state index contributed by atoms with van der Waals surface area (Å²) in [7, 11) is 3.34. The van der Waals surface area contributed by atoms with Crippen LogP contribution < -0.4 is 10.6 Å². The maximum Gasteiger partial charge on any atom is 0.337 e. The van der Waals surface area contributed by atoms with Crippen LogP contribution in [-0.4, -0.2) is 67.8 Å². The number of fused-ring (bicyclic) bond motifs is 2. The third-order valence-electron chi connectivity index (χ3n) is 7.48. The summed E-state index contributed by atoms with van der Waals surface area (Å²) in [4.78, 5) is 29.1. The molecule has 3 aliphatic rings. The molecular weight excluding hydrogens is 509 g/mol. The van der Waals surface area contributed by atoms with Crippen LogP contribution in [0.5, 0.6) is 0 Å². The first-order chi connectivity index (χ1) is 18.3. The number of ether oxygens (including phenoxy) is 2. The molecule has 2 N–H and O–H groups in total. The van der Waals surface area contributed by atoms with Crippen LogP contribution in [0, 0.1) is 5.82 Å². The van der Waals surface area contributed by atoms with Crippen molar-refractivity contribution in [2.24, 2.45) is 0 Å². The number of esters is 1. The number of methoxy groups -OCH3 is 1. The van der Waals surface area contributed by atoms with Crippen LogP contribution >= 0.6 is 11.6 Å². The molecule has 0 saturated carbocycles. The van der Waals surface area contributed by atoms with E-state index in [1.807, 2.05) is 30.3 Å². The minimum Gasteiger partial charge on any atom is -0.466 e. The Morgan fingerprint density at radius 2 is 1.95 bits per heavy atom. The predicted octanol–water partition coefficient (Wildman–Crippen LogP) is 3.89.